The zero-order valence-electron chi connectivity index (χ0n) is 8.69. The van der Waals surface area contributed by atoms with Crippen LogP contribution in [0.4, 0.5) is 4.39 Å². The summed E-state index contributed by atoms with van der Waals surface area (Å²) in [5.74, 6) is 0.214. The van der Waals surface area contributed by atoms with Gasteiger partial charge in [-0.1, -0.05) is 17.7 Å². The molecule has 0 atom stereocenters. The topological polar surface area (TPSA) is 26.3 Å². The van der Waals surface area contributed by atoms with Crippen molar-refractivity contribution in [2.75, 3.05) is 0 Å². The number of carbonyl (C=O) groups is 1. The number of carbonyl (C=O) groups excluding carboxylic acids is 1. The Kier molecular flexibility index (Phi) is 3.40. The van der Waals surface area contributed by atoms with Crippen LogP contribution in [0.15, 0.2) is 42.5 Å². The molecule has 86 valence electrons. The molecule has 0 saturated heterocycles. The Balaban J connectivity index is 2.35. The van der Waals surface area contributed by atoms with E-state index in [1.807, 2.05) is 0 Å². The van der Waals surface area contributed by atoms with Gasteiger partial charge in [-0.25, -0.2) is 4.39 Å². The minimum atomic E-state index is -0.405. The van der Waals surface area contributed by atoms with Crippen molar-refractivity contribution in [1.82, 2.24) is 0 Å². The summed E-state index contributed by atoms with van der Waals surface area (Å²) in [6, 6.07) is 10.3. The lowest BCUT2D eigenvalue weighted by Crippen LogP contribution is -1.90. The first kappa shape index (κ1) is 11.6. The zero-order valence-corrected chi connectivity index (χ0v) is 9.45. The van der Waals surface area contributed by atoms with Crippen LogP contribution >= 0.6 is 11.6 Å². The van der Waals surface area contributed by atoms with Gasteiger partial charge in [-0.3, -0.25) is 4.79 Å². The molecule has 0 radical (unpaired) electrons. The van der Waals surface area contributed by atoms with Crippen molar-refractivity contribution in [2.45, 2.75) is 0 Å². The first-order valence-electron chi connectivity index (χ1n) is 4.87. The van der Waals surface area contributed by atoms with Crippen molar-refractivity contribution in [3.8, 4) is 11.5 Å². The SMILES string of the molecule is O=Cc1ccc(Cl)cc1Oc1cccc(F)c1. The summed E-state index contributed by atoms with van der Waals surface area (Å²) < 4.78 is 18.4. The third kappa shape index (κ3) is 2.82. The van der Waals surface area contributed by atoms with Gasteiger partial charge in [-0.2, -0.15) is 0 Å². The van der Waals surface area contributed by atoms with E-state index in [2.05, 4.69) is 0 Å². The molecule has 2 aromatic rings. The summed E-state index contributed by atoms with van der Waals surface area (Å²) in [5.41, 5.74) is 0.360. The molecule has 0 heterocycles. The van der Waals surface area contributed by atoms with E-state index < -0.39 is 5.82 Å². The van der Waals surface area contributed by atoms with Crippen LogP contribution in [0.25, 0.3) is 0 Å². The Hall–Kier alpha value is -1.87. The molecule has 0 N–H and O–H groups in total. The van der Waals surface area contributed by atoms with Gasteiger partial charge in [0.1, 0.15) is 17.3 Å². The maximum atomic E-state index is 13.0. The number of halogens is 2. The summed E-state index contributed by atoms with van der Waals surface area (Å²) in [7, 11) is 0. The monoisotopic (exact) mass is 250 g/mol. The summed E-state index contributed by atoms with van der Waals surface area (Å²) in [6.07, 6.45) is 0.658. The molecule has 0 aliphatic carbocycles. The maximum absolute atomic E-state index is 13.0. The highest BCUT2D eigenvalue weighted by Crippen LogP contribution is 2.27. The second-order valence-corrected chi connectivity index (χ2v) is 3.80. The molecule has 0 bridgehead atoms. The Morgan fingerprint density at radius 1 is 1.18 bits per heavy atom. The average Bonchev–Trinajstić information content (AvgIpc) is 2.29. The number of benzene rings is 2. The first-order valence-corrected chi connectivity index (χ1v) is 5.25. The normalized spacial score (nSPS) is 10.0. The molecule has 2 aromatic carbocycles. The van der Waals surface area contributed by atoms with E-state index in [1.54, 1.807) is 18.2 Å². The lowest BCUT2D eigenvalue weighted by Gasteiger charge is -2.08. The molecular weight excluding hydrogens is 243 g/mol. The molecule has 0 aliphatic rings. The van der Waals surface area contributed by atoms with Crippen LogP contribution in [0.5, 0.6) is 11.5 Å². The fourth-order valence-corrected chi connectivity index (χ4v) is 1.51. The summed E-state index contributed by atoms with van der Waals surface area (Å²) in [6.45, 7) is 0. The summed E-state index contributed by atoms with van der Waals surface area (Å²) in [5, 5.41) is 0.446. The highest BCUT2D eigenvalue weighted by atomic mass is 35.5. The van der Waals surface area contributed by atoms with E-state index in [0.717, 1.165) is 0 Å². The third-order valence-electron chi connectivity index (χ3n) is 2.13. The molecule has 0 aliphatic heterocycles. The fraction of sp³-hybridized carbons (Fsp3) is 0. The third-order valence-corrected chi connectivity index (χ3v) is 2.36. The van der Waals surface area contributed by atoms with Crippen LogP contribution in [0.3, 0.4) is 0 Å². The molecule has 0 fully saturated rings. The summed E-state index contributed by atoms with van der Waals surface area (Å²) in [4.78, 5) is 10.8. The van der Waals surface area contributed by atoms with Crippen molar-refractivity contribution in [2.24, 2.45) is 0 Å². The molecule has 0 amide bonds. The highest BCUT2D eigenvalue weighted by molar-refractivity contribution is 6.30. The van der Waals surface area contributed by atoms with Crippen LogP contribution in [0, 0.1) is 5.82 Å². The van der Waals surface area contributed by atoms with E-state index in [0.29, 0.717) is 28.4 Å². The molecular formula is C13H8ClFO2. The zero-order chi connectivity index (χ0) is 12.3. The number of hydrogen-bond acceptors (Lipinski definition) is 2. The minimum Gasteiger partial charge on any atom is -0.456 e. The molecule has 2 rings (SSSR count). The number of rotatable bonds is 3. The molecule has 2 nitrogen and oxygen atoms in total. The molecule has 4 heteroatoms. The van der Waals surface area contributed by atoms with E-state index in [4.69, 9.17) is 16.3 Å². The van der Waals surface area contributed by atoms with Gasteiger partial charge in [0.25, 0.3) is 0 Å². The van der Waals surface area contributed by atoms with Crippen LogP contribution in [0.1, 0.15) is 10.4 Å². The van der Waals surface area contributed by atoms with E-state index in [-0.39, 0.29) is 0 Å². The van der Waals surface area contributed by atoms with Crippen LogP contribution < -0.4 is 4.74 Å². The lowest BCUT2D eigenvalue weighted by molar-refractivity contribution is 0.112. The number of hydrogen-bond donors (Lipinski definition) is 0. The van der Waals surface area contributed by atoms with Crippen molar-refractivity contribution in [3.05, 3.63) is 58.9 Å². The first-order chi connectivity index (χ1) is 8.19. The quantitative estimate of drug-likeness (QED) is 0.767. The Morgan fingerprint density at radius 2 is 2.00 bits per heavy atom. The van der Waals surface area contributed by atoms with Crippen molar-refractivity contribution in [3.63, 3.8) is 0 Å². The Bertz CT molecular complexity index is 555. The van der Waals surface area contributed by atoms with Crippen molar-refractivity contribution in [1.29, 1.82) is 0 Å². The fourth-order valence-electron chi connectivity index (χ4n) is 1.35. The Morgan fingerprint density at radius 3 is 2.71 bits per heavy atom. The van der Waals surface area contributed by atoms with Gasteiger partial charge in [-0.05, 0) is 24.3 Å². The minimum absolute atomic E-state index is 0.304. The van der Waals surface area contributed by atoms with E-state index >= 15 is 0 Å². The van der Waals surface area contributed by atoms with Crippen LogP contribution in [-0.2, 0) is 0 Å². The number of ether oxygens (including phenoxy) is 1. The Labute approximate surface area is 103 Å². The van der Waals surface area contributed by atoms with Crippen LogP contribution in [-0.4, -0.2) is 6.29 Å². The standard InChI is InChI=1S/C13H8ClFO2/c14-10-5-4-9(8-16)13(6-10)17-12-3-1-2-11(15)7-12/h1-8H. The average molecular weight is 251 g/mol. The highest BCUT2D eigenvalue weighted by Gasteiger charge is 2.05. The van der Waals surface area contributed by atoms with Gasteiger partial charge in [0.05, 0.1) is 5.56 Å². The molecule has 0 unspecified atom stereocenters. The van der Waals surface area contributed by atoms with Crippen molar-refractivity contribution < 1.29 is 13.9 Å². The molecule has 0 saturated carbocycles. The van der Waals surface area contributed by atoms with E-state index in [1.165, 1.54) is 24.3 Å². The van der Waals surface area contributed by atoms with Gasteiger partial charge >= 0.3 is 0 Å². The summed E-state index contributed by atoms with van der Waals surface area (Å²) >= 11 is 5.80. The smallest absolute Gasteiger partial charge is 0.153 e. The van der Waals surface area contributed by atoms with Crippen molar-refractivity contribution >= 4 is 17.9 Å². The van der Waals surface area contributed by atoms with Gasteiger partial charge < -0.3 is 4.74 Å². The van der Waals surface area contributed by atoms with Gasteiger partial charge in [0.2, 0.25) is 0 Å². The molecule has 0 spiro atoms. The van der Waals surface area contributed by atoms with Gasteiger partial charge in [-0.15, -0.1) is 0 Å². The molecule has 17 heavy (non-hydrogen) atoms. The molecule has 0 aromatic heterocycles. The second-order valence-electron chi connectivity index (χ2n) is 3.36. The lowest BCUT2D eigenvalue weighted by atomic mass is 10.2. The largest absolute Gasteiger partial charge is 0.456 e. The number of aldehydes is 1. The van der Waals surface area contributed by atoms with Gasteiger partial charge in [0.15, 0.2) is 6.29 Å². The predicted molar refractivity (Wildman–Crippen MR) is 63.3 cm³/mol. The van der Waals surface area contributed by atoms with E-state index in [9.17, 15) is 9.18 Å². The maximum Gasteiger partial charge on any atom is 0.153 e. The second kappa shape index (κ2) is 4.97. The van der Waals surface area contributed by atoms with Crippen LogP contribution in [0.2, 0.25) is 5.02 Å². The van der Waals surface area contributed by atoms with Gasteiger partial charge in [0, 0.05) is 17.2 Å². The predicted octanol–water partition coefficient (Wildman–Crippen LogP) is 4.08.